The van der Waals surface area contributed by atoms with Crippen molar-refractivity contribution in [1.82, 2.24) is 10.2 Å². The molecule has 0 saturated carbocycles. The first kappa shape index (κ1) is 19.1. The van der Waals surface area contributed by atoms with Gasteiger partial charge in [0.15, 0.2) is 0 Å². The van der Waals surface area contributed by atoms with Crippen LogP contribution < -0.4 is 22.5 Å². The first-order valence-electron chi connectivity index (χ1n) is 8.41. The molecule has 0 bridgehead atoms. The lowest BCUT2D eigenvalue weighted by Crippen LogP contribution is -2.28. The minimum atomic E-state index is 0.740. The highest BCUT2D eigenvalue weighted by Gasteiger charge is 2.06. The second-order valence-electron chi connectivity index (χ2n) is 5.70. The molecule has 0 aliphatic heterocycles. The summed E-state index contributed by atoms with van der Waals surface area (Å²) < 4.78 is 0. The Morgan fingerprint density at radius 1 is 0.864 bits per heavy atom. The maximum atomic E-state index is 5.63. The van der Waals surface area contributed by atoms with Crippen molar-refractivity contribution in [2.24, 2.45) is 17.2 Å². The molecular formula is C17H33N5. The zero-order chi connectivity index (χ0) is 16.0. The van der Waals surface area contributed by atoms with Crippen molar-refractivity contribution >= 4 is 0 Å². The molecule has 22 heavy (non-hydrogen) atoms. The van der Waals surface area contributed by atoms with Gasteiger partial charge in [0.25, 0.3) is 0 Å². The van der Waals surface area contributed by atoms with Crippen molar-refractivity contribution in [3.63, 3.8) is 0 Å². The van der Waals surface area contributed by atoms with Crippen LogP contribution in [-0.4, -0.2) is 44.2 Å². The highest BCUT2D eigenvalue weighted by atomic mass is 15.1. The van der Waals surface area contributed by atoms with E-state index >= 15 is 0 Å². The minimum Gasteiger partial charge on any atom is -0.330 e. The molecule has 126 valence electrons. The molecule has 0 heterocycles. The van der Waals surface area contributed by atoms with E-state index in [2.05, 4.69) is 34.5 Å². The number of hydrogen-bond donors (Lipinski definition) is 4. The monoisotopic (exact) mass is 307 g/mol. The fourth-order valence-corrected chi connectivity index (χ4v) is 2.46. The average Bonchev–Trinajstić information content (AvgIpc) is 2.54. The van der Waals surface area contributed by atoms with Crippen LogP contribution in [0.3, 0.4) is 0 Å². The fourth-order valence-electron chi connectivity index (χ4n) is 2.46. The second kappa shape index (κ2) is 12.6. The van der Waals surface area contributed by atoms with E-state index in [0.29, 0.717) is 0 Å². The lowest BCUT2D eigenvalue weighted by molar-refractivity contribution is 0.262. The molecule has 0 saturated heterocycles. The standard InChI is InChI=1S/C17H33N5/c18-7-2-10-21-14-16-5-1-6-17(13-16)15-22(11-3-8-19)12-4-9-20/h1,5-6,13,21H,2-4,7-12,14-15,18-20H2. The van der Waals surface area contributed by atoms with Gasteiger partial charge >= 0.3 is 0 Å². The average molecular weight is 307 g/mol. The predicted octanol–water partition coefficient (Wildman–Crippen LogP) is 0.625. The lowest BCUT2D eigenvalue weighted by Gasteiger charge is -2.22. The summed E-state index contributed by atoms with van der Waals surface area (Å²) in [6, 6.07) is 8.79. The number of nitrogens with two attached hydrogens (primary N) is 3. The fraction of sp³-hybridized carbons (Fsp3) is 0.647. The van der Waals surface area contributed by atoms with E-state index in [-0.39, 0.29) is 0 Å². The van der Waals surface area contributed by atoms with E-state index in [1.165, 1.54) is 11.1 Å². The normalized spacial score (nSPS) is 11.3. The summed E-state index contributed by atoms with van der Waals surface area (Å²) >= 11 is 0. The molecule has 5 nitrogen and oxygen atoms in total. The molecule has 0 atom stereocenters. The number of benzene rings is 1. The van der Waals surface area contributed by atoms with Gasteiger partial charge in [0.1, 0.15) is 0 Å². The summed E-state index contributed by atoms with van der Waals surface area (Å²) in [5.74, 6) is 0. The van der Waals surface area contributed by atoms with E-state index in [1.54, 1.807) is 0 Å². The Bertz CT molecular complexity index is 375. The van der Waals surface area contributed by atoms with E-state index in [0.717, 1.165) is 71.6 Å². The molecule has 1 aromatic carbocycles. The van der Waals surface area contributed by atoms with Crippen molar-refractivity contribution in [2.75, 3.05) is 39.3 Å². The predicted molar refractivity (Wildman–Crippen MR) is 94.4 cm³/mol. The molecule has 0 aromatic heterocycles. The van der Waals surface area contributed by atoms with Crippen molar-refractivity contribution in [2.45, 2.75) is 32.4 Å². The molecule has 0 fully saturated rings. The maximum absolute atomic E-state index is 5.63. The van der Waals surface area contributed by atoms with Gasteiger partial charge in [0.05, 0.1) is 0 Å². The maximum Gasteiger partial charge on any atom is 0.0233 e. The molecule has 5 heteroatoms. The van der Waals surface area contributed by atoms with Gasteiger partial charge in [-0.3, -0.25) is 4.90 Å². The third-order valence-corrected chi connectivity index (χ3v) is 3.64. The molecule has 0 radical (unpaired) electrons. The van der Waals surface area contributed by atoms with E-state index in [1.807, 2.05) is 0 Å². The summed E-state index contributed by atoms with van der Waals surface area (Å²) in [6.07, 6.45) is 3.08. The van der Waals surface area contributed by atoms with Gasteiger partial charge in [0.2, 0.25) is 0 Å². The highest BCUT2D eigenvalue weighted by Crippen LogP contribution is 2.09. The molecule has 0 aliphatic rings. The Balaban J connectivity index is 2.50. The first-order chi connectivity index (χ1) is 10.8. The van der Waals surface area contributed by atoms with Crippen LogP contribution in [0.2, 0.25) is 0 Å². The number of rotatable bonds is 13. The van der Waals surface area contributed by atoms with Gasteiger partial charge in [-0.25, -0.2) is 0 Å². The summed E-state index contributed by atoms with van der Waals surface area (Å²) in [7, 11) is 0. The molecule has 1 aromatic rings. The Kier molecular flexibility index (Phi) is 10.9. The van der Waals surface area contributed by atoms with Crippen LogP contribution in [0.1, 0.15) is 30.4 Å². The van der Waals surface area contributed by atoms with Gasteiger partial charge in [-0.05, 0) is 69.7 Å². The topological polar surface area (TPSA) is 93.3 Å². The van der Waals surface area contributed by atoms with Crippen LogP contribution in [0, 0.1) is 0 Å². The number of nitrogens with one attached hydrogen (secondary N) is 1. The summed E-state index contributed by atoms with van der Waals surface area (Å²) in [5, 5.41) is 3.43. The zero-order valence-corrected chi connectivity index (χ0v) is 13.8. The van der Waals surface area contributed by atoms with Gasteiger partial charge in [-0.1, -0.05) is 24.3 Å². The van der Waals surface area contributed by atoms with Gasteiger partial charge in [0, 0.05) is 13.1 Å². The summed E-state index contributed by atoms with van der Waals surface area (Å²) in [4.78, 5) is 2.45. The largest absolute Gasteiger partial charge is 0.330 e. The van der Waals surface area contributed by atoms with Crippen LogP contribution in [0.5, 0.6) is 0 Å². The van der Waals surface area contributed by atoms with Gasteiger partial charge < -0.3 is 22.5 Å². The van der Waals surface area contributed by atoms with Crippen molar-refractivity contribution < 1.29 is 0 Å². The first-order valence-corrected chi connectivity index (χ1v) is 8.41. The molecule has 7 N–H and O–H groups in total. The third kappa shape index (κ3) is 8.46. The van der Waals surface area contributed by atoms with E-state index in [4.69, 9.17) is 17.2 Å². The zero-order valence-electron chi connectivity index (χ0n) is 13.8. The minimum absolute atomic E-state index is 0.740. The number of nitrogens with zero attached hydrogens (tertiary/aromatic N) is 1. The van der Waals surface area contributed by atoms with Crippen LogP contribution >= 0.6 is 0 Å². The second-order valence-corrected chi connectivity index (χ2v) is 5.70. The molecule has 0 aliphatic carbocycles. The van der Waals surface area contributed by atoms with Crippen LogP contribution in [0.15, 0.2) is 24.3 Å². The molecule has 0 amide bonds. The van der Waals surface area contributed by atoms with Crippen LogP contribution in [0.4, 0.5) is 0 Å². The number of hydrogen-bond acceptors (Lipinski definition) is 5. The summed E-state index contributed by atoms with van der Waals surface area (Å²) in [6.45, 7) is 7.14. The van der Waals surface area contributed by atoms with E-state index < -0.39 is 0 Å². The molecular weight excluding hydrogens is 274 g/mol. The van der Waals surface area contributed by atoms with Gasteiger partial charge in [-0.2, -0.15) is 0 Å². The molecule has 0 unspecified atom stereocenters. The smallest absolute Gasteiger partial charge is 0.0233 e. The Labute approximate surface area is 135 Å². The van der Waals surface area contributed by atoms with Crippen molar-refractivity contribution in [3.05, 3.63) is 35.4 Å². The molecule has 0 spiro atoms. The third-order valence-electron chi connectivity index (χ3n) is 3.64. The van der Waals surface area contributed by atoms with Crippen LogP contribution in [-0.2, 0) is 13.1 Å². The highest BCUT2D eigenvalue weighted by molar-refractivity contribution is 5.23. The Hall–Kier alpha value is -0.980. The quantitative estimate of drug-likeness (QED) is 0.401. The molecule has 1 rings (SSSR count). The van der Waals surface area contributed by atoms with E-state index in [9.17, 15) is 0 Å². The Morgan fingerprint density at radius 3 is 2.14 bits per heavy atom. The van der Waals surface area contributed by atoms with Crippen molar-refractivity contribution in [3.8, 4) is 0 Å². The lowest BCUT2D eigenvalue weighted by atomic mass is 10.1. The van der Waals surface area contributed by atoms with Gasteiger partial charge in [-0.15, -0.1) is 0 Å². The SMILES string of the molecule is NCCCNCc1cccc(CN(CCCN)CCCN)c1. The van der Waals surface area contributed by atoms with Crippen molar-refractivity contribution in [1.29, 1.82) is 0 Å². The summed E-state index contributed by atoms with van der Waals surface area (Å²) in [5.41, 5.74) is 19.5. The van der Waals surface area contributed by atoms with Crippen LogP contribution in [0.25, 0.3) is 0 Å². The Morgan fingerprint density at radius 2 is 1.50 bits per heavy atom.